The number of hydrogen-bond donors (Lipinski definition) is 6. The van der Waals surface area contributed by atoms with E-state index >= 15 is 0 Å². The van der Waals surface area contributed by atoms with Crippen LogP contribution in [0.1, 0.15) is 213 Å². The van der Waals surface area contributed by atoms with Crippen molar-refractivity contribution >= 4 is 5.91 Å². The van der Waals surface area contributed by atoms with Gasteiger partial charge in [-0.3, -0.25) is 4.79 Å². The second-order valence-electron chi connectivity index (χ2n) is 18.9. The van der Waals surface area contributed by atoms with Gasteiger partial charge in [-0.25, -0.2) is 0 Å². The minimum Gasteiger partial charge on any atom is -0.394 e. The first-order valence-corrected chi connectivity index (χ1v) is 28.1. The number of carbonyl (C=O) groups excluding carboxylic acids is 1. The number of allylic oxidation sites excluding steroid dienone is 17. The van der Waals surface area contributed by atoms with Crippen molar-refractivity contribution in [2.24, 2.45) is 0 Å². The Bertz CT molecular complexity index is 1460. The molecule has 0 aromatic carbocycles. The summed E-state index contributed by atoms with van der Waals surface area (Å²) in [5.41, 5.74) is 0. The Morgan fingerprint density at radius 2 is 0.857 bits per heavy atom. The summed E-state index contributed by atoms with van der Waals surface area (Å²) in [5.74, 6) is -0.196. The number of aliphatic hydroxyl groups is 5. The van der Waals surface area contributed by atoms with Crippen LogP contribution in [0.3, 0.4) is 0 Å². The molecule has 9 nitrogen and oxygen atoms in total. The van der Waals surface area contributed by atoms with E-state index in [4.69, 9.17) is 9.47 Å². The molecule has 6 N–H and O–H groups in total. The molecule has 0 aromatic rings. The van der Waals surface area contributed by atoms with Crippen molar-refractivity contribution in [1.82, 2.24) is 5.32 Å². The van der Waals surface area contributed by atoms with Crippen LogP contribution in [0, 0.1) is 0 Å². The largest absolute Gasteiger partial charge is 0.394 e. The molecule has 0 radical (unpaired) electrons. The lowest BCUT2D eigenvalue weighted by molar-refractivity contribution is -0.302. The first-order chi connectivity index (χ1) is 34.3. The molecule has 0 aliphatic carbocycles. The number of carbonyl (C=O) groups is 1. The van der Waals surface area contributed by atoms with E-state index in [1.54, 1.807) is 6.08 Å². The zero-order chi connectivity index (χ0) is 50.8. The number of nitrogens with one attached hydrogen (secondary N) is 1. The van der Waals surface area contributed by atoms with Crippen LogP contribution in [0.25, 0.3) is 0 Å². The highest BCUT2D eigenvalue weighted by Gasteiger charge is 2.44. The van der Waals surface area contributed by atoms with Crippen LogP contribution in [0.15, 0.2) is 109 Å². The van der Waals surface area contributed by atoms with E-state index in [9.17, 15) is 30.3 Å². The van der Waals surface area contributed by atoms with Gasteiger partial charge in [0.15, 0.2) is 6.29 Å². The number of ether oxygens (including phenoxy) is 2. The summed E-state index contributed by atoms with van der Waals surface area (Å²) in [5, 5.41) is 54.2. The van der Waals surface area contributed by atoms with Gasteiger partial charge in [0, 0.05) is 6.42 Å². The molecule has 1 aliphatic rings. The number of unbranched alkanes of at least 4 members (excludes halogenated alkanes) is 20. The predicted octanol–water partition coefficient (Wildman–Crippen LogP) is 13.8. The third kappa shape index (κ3) is 38.5. The molecule has 1 heterocycles. The molecule has 7 unspecified atom stereocenters. The van der Waals surface area contributed by atoms with E-state index in [1.807, 2.05) is 6.08 Å². The summed E-state index contributed by atoms with van der Waals surface area (Å²) in [4.78, 5) is 13.0. The quantitative estimate of drug-likeness (QED) is 0.0261. The monoisotopic (exact) mass is 978 g/mol. The van der Waals surface area contributed by atoms with Crippen LogP contribution in [0.2, 0.25) is 0 Å². The first kappa shape index (κ1) is 64.9. The lowest BCUT2D eigenvalue weighted by atomic mass is 9.99. The SMILES string of the molecule is CC/C=C\C/C=C\C/C=C\C/C=C\C/C=C\C/C=C\CCCCCCCCCCCCCCCCCCCCC(=O)NC(COC1OC(CO)C(O)C(O)C1O)C(O)/C=C/CC/C=C/CC/C=C/CC. The second-order valence-corrected chi connectivity index (χ2v) is 18.9. The van der Waals surface area contributed by atoms with Crippen molar-refractivity contribution in [2.45, 2.75) is 256 Å². The smallest absolute Gasteiger partial charge is 0.220 e. The predicted molar refractivity (Wildman–Crippen MR) is 294 cm³/mol. The van der Waals surface area contributed by atoms with Gasteiger partial charge < -0.3 is 40.3 Å². The molecule has 9 heteroatoms. The number of hydrogen-bond acceptors (Lipinski definition) is 8. The molecule has 1 fully saturated rings. The summed E-state index contributed by atoms with van der Waals surface area (Å²) in [6.07, 6.45) is 66.2. The molecule has 1 amide bonds. The number of aliphatic hydroxyl groups excluding tert-OH is 5. The highest BCUT2D eigenvalue weighted by molar-refractivity contribution is 5.76. The van der Waals surface area contributed by atoms with Gasteiger partial charge >= 0.3 is 0 Å². The van der Waals surface area contributed by atoms with Crippen LogP contribution in [0.5, 0.6) is 0 Å². The highest BCUT2D eigenvalue weighted by Crippen LogP contribution is 2.23. The topological polar surface area (TPSA) is 149 Å². The Morgan fingerprint density at radius 3 is 1.31 bits per heavy atom. The minimum absolute atomic E-state index is 0.196. The van der Waals surface area contributed by atoms with Crippen LogP contribution in [0.4, 0.5) is 0 Å². The van der Waals surface area contributed by atoms with Crippen LogP contribution >= 0.6 is 0 Å². The van der Waals surface area contributed by atoms with Gasteiger partial charge in [0.1, 0.15) is 24.4 Å². The average Bonchev–Trinajstić information content (AvgIpc) is 3.36. The van der Waals surface area contributed by atoms with Crippen molar-refractivity contribution in [3.63, 3.8) is 0 Å². The molecule has 7 atom stereocenters. The Hall–Kier alpha value is -3.15. The van der Waals surface area contributed by atoms with Crippen molar-refractivity contribution < 1.29 is 39.8 Å². The molecular formula is C61H103NO8. The summed E-state index contributed by atoms with van der Waals surface area (Å²) in [6.45, 7) is 3.50. The zero-order valence-electron chi connectivity index (χ0n) is 44.2. The second kappa shape index (κ2) is 49.4. The fraction of sp³-hybridized carbons (Fsp3) is 0.689. The normalized spacial score (nSPS) is 20.2. The van der Waals surface area contributed by atoms with Gasteiger partial charge in [-0.05, 0) is 89.9 Å². The molecular weight excluding hydrogens is 875 g/mol. The highest BCUT2D eigenvalue weighted by atomic mass is 16.7. The number of rotatable bonds is 46. The van der Waals surface area contributed by atoms with Crippen molar-refractivity contribution in [2.75, 3.05) is 13.2 Å². The molecule has 0 aromatic heterocycles. The lowest BCUT2D eigenvalue weighted by Gasteiger charge is -2.40. The summed E-state index contributed by atoms with van der Waals surface area (Å²) in [7, 11) is 0. The molecule has 1 saturated heterocycles. The van der Waals surface area contributed by atoms with E-state index in [0.29, 0.717) is 6.42 Å². The minimum atomic E-state index is -1.58. The summed E-state index contributed by atoms with van der Waals surface area (Å²) < 4.78 is 11.2. The third-order valence-electron chi connectivity index (χ3n) is 12.6. The van der Waals surface area contributed by atoms with E-state index in [2.05, 4.69) is 116 Å². The van der Waals surface area contributed by atoms with E-state index in [1.165, 1.54) is 103 Å². The van der Waals surface area contributed by atoms with Gasteiger partial charge in [-0.1, -0.05) is 226 Å². The standard InChI is InChI=1S/C61H103NO8/c1-3-5-7-9-11-13-15-16-17-18-19-20-21-22-23-24-25-26-27-28-29-30-31-32-33-34-35-36-37-38-39-40-41-43-45-47-49-51-57(65)62-54(53-69-61-60(68)59(67)58(66)56(52-63)70-61)55(64)50-48-46-44-42-14-12-10-8-6-4-2/h5-8,11,13-14,16-17,19-20,22-23,25-26,42,48,50,54-56,58-61,63-64,66-68H,3-4,9-10,12,15,18,21,24,27-41,43-47,49,51-53H2,1-2H3,(H,62,65)/b7-5-,8-6+,13-11-,17-16-,20-19-,23-22-,26-25-,42-14+,50-48+. The maximum atomic E-state index is 13.0. The van der Waals surface area contributed by atoms with E-state index in [-0.39, 0.29) is 12.5 Å². The van der Waals surface area contributed by atoms with Crippen molar-refractivity contribution in [3.8, 4) is 0 Å². The first-order valence-electron chi connectivity index (χ1n) is 28.1. The third-order valence-corrected chi connectivity index (χ3v) is 12.6. The zero-order valence-corrected chi connectivity index (χ0v) is 44.2. The van der Waals surface area contributed by atoms with Gasteiger partial charge in [-0.2, -0.15) is 0 Å². The summed E-state index contributed by atoms with van der Waals surface area (Å²) >= 11 is 0. The lowest BCUT2D eigenvalue weighted by Crippen LogP contribution is -2.60. The number of amides is 1. The van der Waals surface area contributed by atoms with Gasteiger partial charge in [0.05, 0.1) is 25.4 Å². The molecule has 0 bridgehead atoms. The maximum Gasteiger partial charge on any atom is 0.220 e. The molecule has 70 heavy (non-hydrogen) atoms. The van der Waals surface area contributed by atoms with E-state index in [0.717, 1.165) is 89.9 Å². The van der Waals surface area contributed by atoms with Crippen LogP contribution < -0.4 is 5.32 Å². The molecule has 1 aliphatic heterocycles. The molecule has 1 rings (SSSR count). The molecule has 0 spiro atoms. The van der Waals surface area contributed by atoms with E-state index < -0.39 is 49.5 Å². The Labute approximate surface area is 427 Å². The maximum absolute atomic E-state index is 13.0. The molecule has 0 saturated carbocycles. The van der Waals surface area contributed by atoms with Gasteiger partial charge in [-0.15, -0.1) is 0 Å². The fourth-order valence-corrected chi connectivity index (χ4v) is 8.20. The molecule has 400 valence electrons. The summed E-state index contributed by atoms with van der Waals surface area (Å²) in [6, 6.07) is -0.831. The fourth-order valence-electron chi connectivity index (χ4n) is 8.20. The average molecular weight is 978 g/mol. The van der Waals surface area contributed by atoms with Crippen LogP contribution in [-0.4, -0.2) is 87.5 Å². The van der Waals surface area contributed by atoms with Crippen molar-refractivity contribution in [3.05, 3.63) is 109 Å². The van der Waals surface area contributed by atoms with Gasteiger partial charge in [0.25, 0.3) is 0 Å². The Balaban J connectivity index is 2.08. The van der Waals surface area contributed by atoms with Gasteiger partial charge in [0.2, 0.25) is 5.91 Å². The Morgan fingerprint density at radius 1 is 0.486 bits per heavy atom. The Kier molecular flexibility index (Phi) is 45.8. The van der Waals surface area contributed by atoms with Crippen molar-refractivity contribution in [1.29, 1.82) is 0 Å². The van der Waals surface area contributed by atoms with Crippen LogP contribution in [-0.2, 0) is 14.3 Å².